The van der Waals surface area contributed by atoms with E-state index in [9.17, 15) is 9.59 Å². The number of carbonyl (C=O) groups excluding carboxylic acids is 2. The first-order valence-electron chi connectivity index (χ1n) is 11.6. The minimum Gasteiger partial charge on any atom is -0.462 e. The number of esters is 1. The van der Waals surface area contributed by atoms with Gasteiger partial charge in [-0.05, 0) is 62.5 Å². The number of ether oxygens (including phenoxy) is 1. The molecule has 0 N–H and O–H groups in total. The van der Waals surface area contributed by atoms with Crippen LogP contribution in [-0.2, 0) is 14.3 Å². The third-order valence-corrected chi connectivity index (χ3v) is 6.89. The molecule has 160 valence electrons. The lowest BCUT2D eigenvalue weighted by Gasteiger charge is -2.35. The van der Waals surface area contributed by atoms with Crippen LogP contribution >= 0.6 is 0 Å². The maximum absolute atomic E-state index is 13.4. The molecule has 1 aromatic carbocycles. The van der Waals surface area contributed by atoms with Crippen molar-refractivity contribution in [2.75, 3.05) is 0 Å². The van der Waals surface area contributed by atoms with Crippen LogP contribution in [0.15, 0.2) is 40.5 Å². The van der Waals surface area contributed by atoms with Gasteiger partial charge in [0.1, 0.15) is 12.0 Å². The van der Waals surface area contributed by atoms with Gasteiger partial charge in [0, 0.05) is 29.3 Å². The number of ketones is 1. The molecule has 3 aliphatic rings. The Balaban J connectivity index is 1.71. The fourth-order valence-corrected chi connectivity index (χ4v) is 5.18. The van der Waals surface area contributed by atoms with E-state index in [1.807, 2.05) is 6.92 Å². The fourth-order valence-electron chi connectivity index (χ4n) is 5.18. The zero-order chi connectivity index (χ0) is 21.3. The number of hydrogen-bond donors (Lipinski definition) is 0. The first-order chi connectivity index (χ1) is 14.5. The molecule has 2 aliphatic carbocycles. The van der Waals surface area contributed by atoms with Gasteiger partial charge in [-0.15, -0.1) is 0 Å². The highest BCUT2D eigenvalue weighted by atomic mass is 16.5. The number of aliphatic imine (C=N–C) groups is 1. The number of allylic oxidation sites excluding steroid dienone is 2. The Morgan fingerprint density at radius 3 is 2.40 bits per heavy atom. The van der Waals surface area contributed by atoms with Gasteiger partial charge in [0.25, 0.3) is 0 Å². The summed E-state index contributed by atoms with van der Waals surface area (Å²) in [6, 6.07) is 8.42. The molecule has 0 saturated heterocycles. The standard InChI is InChI=1S/C26H33NO3/c1-16(2)18-12-14-19(15-13-18)24-23(26(29)30-20-8-5-4-6-9-20)17(3)27-21-10-7-11-22(28)25(21)24/h12-16,20,23-24H,4-11H2,1-3H3/t23?,24-/m1/s1. The van der Waals surface area contributed by atoms with Crippen LogP contribution in [0.4, 0.5) is 0 Å². The van der Waals surface area contributed by atoms with Crippen LogP contribution in [0.5, 0.6) is 0 Å². The number of nitrogens with zero attached hydrogens (tertiary/aromatic N) is 1. The highest BCUT2D eigenvalue weighted by Crippen LogP contribution is 2.44. The molecular formula is C26H33NO3. The Kier molecular flexibility index (Phi) is 6.21. The van der Waals surface area contributed by atoms with Crippen molar-refractivity contribution in [2.45, 2.75) is 90.1 Å². The molecule has 4 heteroatoms. The number of hydrogen-bond acceptors (Lipinski definition) is 4. The zero-order valence-corrected chi connectivity index (χ0v) is 18.4. The molecule has 30 heavy (non-hydrogen) atoms. The summed E-state index contributed by atoms with van der Waals surface area (Å²) < 4.78 is 5.98. The van der Waals surface area contributed by atoms with Crippen molar-refractivity contribution in [3.63, 3.8) is 0 Å². The van der Waals surface area contributed by atoms with Crippen molar-refractivity contribution in [3.05, 3.63) is 46.7 Å². The van der Waals surface area contributed by atoms with E-state index < -0.39 is 5.92 Å². The zero-order valence-electron chi connectivity index (χ0n) is 18.4. The number of rotatable bonds is 4. The topological polar surface area (TPSA) is 55.7 Å². The monoisotopic (exact) mass is 407 g/mol. The molecule has 0 radical (unpaired) electrons. The molecule has 1 unspecified atom stereocenters. The quantitative estimate of drug-likeness (QED) is 0.587. The molecule has 1 saturated carbocycles. The van der Waals surface area contributed by atoms with Crippen molar-refractivity contribution >= 4 is 17.5 Å². The SMILES string of the molecule is CC1=NC2=C(C(=O)CCC2)[C@H](c2ccc(C(C)C)cc2)C1C(=O)OC1CCCCC1. The lowest BCUT2D eigenvalue weighted by atomic mass is 9.71. The predicted octanol–water partition coefficient (Wildman–Crippen LogP) is 5.87. The molecule has 0 aromatic heterocycles. The minimum atomic E-state index is -0.516. The third-order valence-electron chi connectivity index (χ3n) is 6.89. The molecular weight excluding hydrogens is 374 g/mol. The van der Waals surface area contributed by atoms with Crippen LogP contribution < -0.4 is 0 Å². The highest BCUT2D eigenvalue weighted by molar-refractivity contribution is 6.08. The van der Waals surface area contributed by atoms with Gasteiger partial charge in [-0.2, -0.15) is 0 Å². The van der Waals surface area contributed by atoms with E-state index >= 15 is 0 Å². The van der Waals surface area contributed by atoms with Crippen LogP contribution in [0, 0.1) is 5.92 Å². The smallest absolute Gasteiger partial charge is 0.315 e. The second-order valence-corrected chi connectivity index (χ2v) is 9.36. The van der Waals surface area contributed by atoms with Crippen LogP contribution in [-0.4, -0.2) is 23.6 Å². The Morgan fingerprint density at radius 2 is 1.73 bits per heavy atom. The van der Waals surface area contributed by atoms with E-state index in [-0.39, 0.29) is 23.8 Å². The van der Waals surface area contributed by atoms with Crippen LogP contribution in [0.3, 0.4) is 0 Å². The third kappa shape index (κ3) is 4.14. The maximum Gasteiger partial charge on any atom is 0.315 e. The molecule has 1 aromatic rings. The molecule has 0 spiro atoms. The van der Waals surface area contributed by atoms with Crippen LogP contribution in [0.25, 0.3) is 0 Å². The van der Waals surface area contributed by atoms with Crippen molar-refractivity contribution in [2.24, 2.45) is 10.9 Å². The van der Waals surface area contributed by atoms with Gasteiger partial charge in [0.05, 0.1) is 0 Å². The van der Waals surface area contributed by atoms with E-state index in [0.29, 0.717) is 12.3 Å². The molecule has 1 heterocycles. The normalized spacial score (nSPS) is 25.2. The molecule has 0 bridgehead atoms. The minimum absolute atomic E-state index is 0.000417. The maximum atomic E-state index is 13.4. The van der Waals surface area contributed by atoms with E-state index in [0.717, 1.165) is 61.1 Å². The van der Waals surface area contributed by atoms with Crippen molar-refractivity contribution < 1.29 is 14.3 Å². The van der Waals surface area contributed by atoms with Crippen molar-refractivity contribution in [1.29, 1.82) is 0 Å². The first kappa shape index (κ1) is 21.0. The number of Topliss-reactive ketones (excluding diaryl/α,β-unsaturated/α-hetero) is 1. The summed E-state index contributed by atoms with van der Waals surface area (Å²) in [5.74, 6) is -0.445. The summed E-state index contributed by atoms with van der Waals surface area (Å²) in [5.41, 5.74) is 4.67. The summed E-state index contributed by atoms with van der Waals surface area (Å²) in [6.45, 7) is 6.26. The molecule has 0 amide bonds. The summed E-state index contributed by atoms with van der Waals surface area (Å²) in [7, 11) is 0. The summed E-state index contributed by atoms with van der Waals surface area (Å²) in [5, 5.41) is 0. The van der Waals surface area contributed by atoms with E-state index in [2.05, 4.69) is 38.1 Å². The van der Waals surface area contributed by atoms with Gasteiger partial charge in [0.15, 0.2) is 5.78 Å². The summed E-state index contributed by atoms with van der Waals surface area (Å²) >= 11 is 0. The van der Waals surface area contributed by atoms with E-state index in [1.54, 1.807) is 0 Å². The Hall–Kier alpha value is -2.23. The number of benzene rings is 1. The second kappa shape index (κ2) is 8.87. The van der Waals surface area contributed by atoms with Crippen molar-refractivity contribution in [3.8, 4) is 0 Å². The van der Waals surface area contributed by atoms with Gasteiger partial charge in [-0.25, -0.2) is 0 Å². The van der Waals surface area contributed by atoms with Gasteiger partial charge >= 0.3 is 5.97 Å². The molecule has 1 fully saturated rings. The Morgan fingerprint density at radius 1 is 1.03 bits per heavy atom. The van der Waals surface area contributed by atoms with Crippen molar-refractivity contribution in [1.82, 2.24) is 0 Å². The van der Waals surface area contributed by atoms with E-state index in [1.165, 1.54) is 12.0 Å². The van der Waals surface area contributed by atoms with Gasteiger partial charge in [-0.1, -0.05) is 44.5 Å². The van der Waals surface area contributed by atoms with E-state index in [4.69, 9.17) is 9.73 Å². The number of carbonyl (C=O) groups is 2. The first-order valence-corrected chi connectivity index (χ1v) is 11.6. The summed E-state index contributed by atoms with van der Waals surface area (Å²) in [4.78, 5) is 31.1. The molecule has 1 aliphatic heterocycles. The Labute approximate surface area is 179 Å². The second-order valence-electron chi connectivity index (χ2n) is 9.36. The van der Waals surface area contributed by atoms with Gasteiger partial charge in [0.2, 0.25) is 0 Å². The lowest BCUT2D eigenvalue weighted by Crippen LogP contribution is -2.38. The van der Waals surface area contributed by atoms with Gasteiger partial charge < -0.3 is 4.74 Å². The molecule has 2 atom stereocenters. The largest absolute Gasteiger partial charge is 0.462 e. The molecule has 4 rings (SSSR count). The Bertz CT molecular complexity index is 872. The van der Waals surface area contributed by atoms with Crippen LogP contribution in [0.2, 0.25) is 0 Å². The lowest BCUT2D eigenvalue weighted by molar-refractivity contribution is -0.153. The predicted molar refractivity (Wildman–Crippen MR) is 119 cm³/mol. The average Bonchev–Trinajstić information content (AvgIpc) is 2.73. The fraction of sp³-hybridized carbons (Fsp3) is 0.577. The van der Waals surface area contributed by atoms with Gasteiger partial charge in [-0.3, -0.25) is 14.6 Å². The average molecular weight is 408 g/mol. The van der Waals surface area contributed by atoms with Crippen LogP contribution in [0.1, 0.15) is 95.1 Å². The highest BCUT2D eigenvalue weighted by Gasteiger charge is 2.43. The molecule has 4 nitrogen and oxygen atoms in total. The summed E-state index contributed by atoms with van der Waals surface area (Å²) in [6.07, 6.45) is 7.51.